The molecule has 0 aliphatic carbocycles. The van der Waals surface area contributed by atoms with Crippen LogP contribution in [0.4, 0.5) is 20.4 Å². The first-order valence-corrected chi connectivity index (χ1v) is 13.8. The molecule has 2 aromatic carbocycles. The highest BCUT2D eigenvalue weighted by Gasteiger charge is 2.17. The van der Waals surface area contributed by atoms with Gasteiger partial charge in [-0.05, 0) is 54.3 Å². The molecule has 9 nitrogen and oxygen atoms in total. The van der Waals surface area contributed by atoms with Gasteiger partial charge in [-0.2, -0.15) is 0 Å². The van der Waals surface area contributed by atoms with Gasteiger partial charge in [0, 0.05) is 29.3 Å². The van der Waals surface area contributed by atoms with E-state index in [0.717, 1.165) is 5.75 Å². The fourth-order valence-electron chi connectivity index (χ4n) is 3.06. The van der Waals surface area contributed by atoms with Crippen LogP contribution in [-0.4, -0.2) is 47.2 Å². The molecule has 1 unspecified atom stereocenters. The van der Waals surface area contributed by atoms with E-state index in [9.17, 15) is 22.6 Å². The van der Waals surface area contributed by atoms with E-state index < -0.39 is 28.2 Å². The number of thioether (sulfide) groups is 1. The summed E-state index contributed by atoms with van der Waals surface area (Å²) in [6.45, 7) is 3.70. The lowest BCUT2D eigenvalue weighted by molar-refractivity contribution is 0.103. The Hall–Kier alpha value is -4.10. The summed E-state index contributed by atoms with van der Waals surface area (Å²) in [6, 6.07) is 10.4. The molecule has 0 spiro atoms. The third-order valence-corrected chi connectivity index (χ3v) is 6.91. The average molecular weight is 571 g/mol. The van der Waals surface area contributed by atoms with Crippen molar-refractivity contribution in [3.63, 3.8) is 0 Å². The zero-order valence-electron chi connectivity index (χ0n) is 20.9. The van der Waals surface area contributed by atoms with E-state index in [0.29, 0.717) is 16.5 Å². The number of carbonyl (C=O) groups is 2. The fourth-order valence-corrected chi connectivity index (χ4v) is 4.23. The second kappa shape index (κ2) is 13.6. The van der Waals surface area contributed by atoms with Gasteiger partial charge in [-0.25, -0.2) is 28.7 Å². The first kappa shape index (κ1) is 29.5. The van der Waals surface area contributed by atoms with Crippen molar-refractivity contribution >= 4 is 45.8 Å². The minimum Gasteiger partial charge on any atom is -0.383 e. The van der Waals surface area contributed by atoms with Crippen molar-refractivity contribution in [1.29, 1.82) is 0 Å². The average Bonchev–Trinajstić information content (AvgIpc) is 2.93. The number of nitrogen functional groups attached to an aromatic ring is 2. The topological polar surface area (TPSA) is 155 Å². The van der Waals surface area contributed by atoms with Crippen LogP contribution >= 0.6 is 11.8 Å². The van der Waals surface area contributed by atoms with Crippen molar-refractivity contribution in [2.45, 2.75) is 24.2 Å². The SMILES string of the molecule is CCS(=O)c1ncc(C(=O)c2ccc(F)cc2)c(N)n1.CCSc1ncc(C(=O)c2ccc(F)cc2)c(N)n1. The van der Waals surface area contributed by atoms with Crippen LogP contribution < -0.4 is 11.5 Å². The molecule has 4 N–H and O–H groups in total. The highest BCUT2D eigenvalue weighted by atomic mass is 32.2. The minimum absolute atomic E-state index is 0.0360. The Labute approximate surface area is 230 Å². The molecule has 202 valence electrons. The van der Waals surface area contributed by atoms with E-state index in [1.807, 2.05) is 6.92 Å². The first-order chi connectivity index (χ1) is 18.6. The molecular formula is C26H24F2N6O3S2. The molecule has 4 aromatic rings. The highest BCUT2D eigenvalue weighted by molar-refractivity contribution is 7.99. The Bertz CT molecular complexity index is 1500. The van der Waals surface area contributed by atoms with Crippen LogP contribution in [0.25, 0.3) is 0 Å². The van der Waals surface area contributed by atoms with Gasteiger partial charge in [-0.1, -0.05) is 25.6 Å². The van der Waals surface area contributed by atoms with Crippen molar-refractivity contribution in [3.05, 3.63) is 94.8 Å². The Morgan fingerprint density at radius 2 is 1.26 bits per heavy atom. The summed E-state index contributed by atoms with van der Waals surface area (Å²) >= 11 is 1.44. The lowest BCUT2D eigenvalue weighted by Crippen LogP contribution is -2.11. The standard InChI is InChI=1S/C13H12FN3O2S.C13H12FN3OS/c1-2-20(19)13-16-7-10(12(15)17-13)11(18)8-3-5-9(14)6-4-8;1-2-19-13-16-7-10(12(15)17-13)11(18)8-3-5-9(14)6-4-8/h3-7H,2H2,1H3,(H2,15,16,17);3-7H,2H2,1H3,(H2,15,16,17). The second-order valence-electron chi connectivity index (χ2n) is 7.64. The summed E-state index contributed by atoms with van der Waals surface area (Å²) in [5, 5.41) is 0.635. The van der Waals surface area contributed by atoms with E-state index in [4.69, 9.17) is 11.5 Å². The Kier molecular flexibility index (Phi) is 10.3. The number of nitrogens with zero attached hydrogens (tertiary/aromatic N) is 4. The monoisotopic (exact) mass is 570 g/mol. The second-order valence-corrected chi connectivity index (χ2v) is 10.5. The molecule has 1 atom stereocenters. The summed E-state index contributed by atoms with van der Waals surface area (Å²) in [4.78, 5) is 40.2. The van der Waals surface area contributed by atoms with Gasteiger partial charge in [0.2, 0.25) is 5.16 Å². The number of halogens is 2. The number of hydrogen-bond donors (Lipinski definition) is 2. The molecule has 0 saturated heterocycles. The molecule has 2 aromatic heterocycles. The van der Waals surface area contributed by atoms with Crippen molar-refractivity contribution < 1.29 is 22.6 Å². The zero-order chi connectivity index (χ0) is 28.5. The normalized spacial score (nSPS) is 11.3. The van der Waals surface area contributed by atoms with Gasteiger partial charge in [-0.3, -0.25) is 13.8 Å². The maximum absolute atomic E-state index is 12.8. The predicted molar refractivity (Wildman–Crippen MR) is 146 cm³/mol. The van der Waals surface area contributed by atoms with E-state index in [2.05, 4.69) is 19.9 Å². The molecular weight excluding hydrogens is 546 g/mol. The summed E-state index contributed by atoms with van der Waals surface area (Å²) in [5.41, 5.74) is 12.4. The summed E-state index contributed by atoms with van der Waals surface area (Å²) in [7, 11) is -1.33. The number of benzene rings is 2. The van der Waals surface area contributed by atoms with Crippen molar-refractivity contribution in [1.82, 2.24) is 19.9 Å². The number of aromatic nitrogens is 4. The van der Waals surface area contributed by atoms with Crippen LogP contribution in [-0.2, 0) is 10.8 Å². The Morgan fingerprint density at radius 3 is 1.67 bits per heavy atom. The molecule has 0 saturated carbocycles. The number of ketones is 2. The predicted octanol–water partition coefficient (Wildman–Crippen LogP) is 4.10. The zero-order valence-corrected chi connectivity index (χ0v) is 22.6. The lowest BCUT2D eigenvalue weighted by atomic mass is 10.1. The van der Waals surface area contributed by atoms with Gasteiger partial charge in [0.15, 0.2) is 16.7 Å². The highest BCUT2D eigenvalue weighted by Crippen LogP contribution is 2.19. The van der Waals surface area contributed by atoms with Gasteiger partial charge in [0.05, 0.1) is 21.9 Å². The van der Waals surface area contributed by atoms with Crippen LogP contribution in [0.1, 0.15) is 45.7 Å². The van der Waals surface area contributed by atoms with Crippen LogP contribution in [0.5, 0.6) is 0 Å². The molecule has 0 fully saturated rings. The maximum atomic E-state index is 12.8. The summed E-state index contributed by atoms with van der Waals surface area (Å²) < 4.78 is 37.2. The van der Waals surface area contributed by atoms with Gasteiger partial charge < -0.3 is 11.5 Å². The van der Waals surface area contributed by atoms with Crippen molar-refractivity contribution in [3.8, 4) is 0 Å². The minimum atomic E-state index is -1.33. The third kappa shape index (κ3) is 7.71. The van der Waals surface area contributed by atoms with E-state index in [-0.39, 0.29) is 39.3 Å². The molecule has 39 heavy (non-hydrogen) atoms. The van der Waals surface area contributed by atoms with Crippen molar-refractivity contribution in [2.75, 3.05) is 23.0 Å². The molecule has 0 radical (unpaired) electrons. The van der Waals surface area contributed by atoms with Crippen LogP contribution in [0, 0.1) is 11.6 Å². The van der Waals surface area contributed by atoms with Gasteiger partial charge >= 0.3 is 0 Å². The van der Waals surface area contributed by atoms with Crippen LogP contribution in [0.2, 0.25) is 0 Å². The summed E-state index contributed by atoms with van der Waals surface area (Å²) in [6.07, 6.45) is 2.66. The molecule has 0 aliphatic heterocycles. The third-order valence-electron chi connectivity index (χ3n) is 5.03. The number of rotatable bonds is 8. The molecule has 13 heteroatoms. The number of carbonyl (C=O) groups excluding carboxylic acids is 2. The maximum Gasteiger partial charge on any atom is 0.220 e. The molecule has 2 heterocycles. The van der Waals surface area contributed by atoms with Crippen molar-refractivity contribution in [2.24, 2.45) is 0 Å². The van der Waals surface area contributed by atoms with Gasteiger partial charge in [0.1, 0.15) is 23.3 Å². The molecule has 4 rings (SSSR count). The number of anilines is 2. The molecule has 0 amide bonds. The van der Waals surface area contributed by atoms with E-state index in [1.54, 1.807) is 6.92 Å². The molecule has 0 bridgehead atoms. The van der Waals surface area contributed by atoms with E-state index in [1.165, 1.54) is 72.7 Å². The van der Waals surface area contributed by atoms with E-state index >= 15 is 0 Å². The lowest BCUT2D eigenvalue weighted by Gasteiger charge is -2.05. The summed E-state index contributed by atoms with van der Waals surface area (Å²) in [5.74, 6) is -0.252. The largest absolute Gasteiger partial charge is 0.383 e. The van der Waals surface area contributed by atoms with Gasteiger partial charge in [-0.15, -0.1) is 0 Å². The fraction of sp³-hybridized carbons (Fsp3) is 0.154. The first-order valence-electron chi connectivity index (χ1n) is 11.5. The Balaban J connectivity index is 0.000000216. The smallest absolute Gasteiger partial charge is 0.220 e. The van der Waals surface area contributed by atoms with Gasteiger partial charge in [0.25, 0.3) is 0 Å². The quantitative estimate of drug-likeness (QED) is 0.180. The Morgan fingerprint density at radius 1 is 0.795 bits per heavy atom. The van der Waals surface area contributed by atoms with Crippen LogP contribution in [0.15, 0.2) is 71.2 Å². The number of hydrogen-bond acceptors (Lipinski definition) is 10. The van der Waals surface area contributed by atoms with Crippen LogP contribution in [0.3, 0.4) is 0 Å². The number of nitrogens with two attached hydrogens (primary N) is 2. The molecule has 0 aliphatic rings.